The average molecular weight is 237 g/mol. The molecule has 1 saturated carbocycles. The third kappa shape index (κ3) is 2.16. The molecule has 2 atom stereocenters. The number of rotatable bonds is 3. The largest absolute Gasteiger partial charge is 0.494 e. The molecule has 0 radical (unpaired) electrons. The van der Waals surface area contributed by atoms with Crippen molar-refractivity contribution in [1.29, 1.82) is 0 Å². The van der Waals surface area contributed by atoms with E-state index in [1.165, 1.54) is 7.11 Å². The molecule has 0 bridgehead atoms. The van der Waals surface area contributed by atoms with Crippen LogP contribution in [0.25, 0.3) is 0 Å². The summed E-state index contributed by atoms with van der Waals surface area (Å²) < 4.78 is 19.3. The molecule has 0 saturated heterocycles. The van der Waals surface area contributed by atoms with E-state index in [9.17, 15) is 4.39 Å². The molecule has 1 N–H and O–H groups in total. The van der Waals surface area contributed by atoms with Crippen LogP contribution in [0.4, 0.5) is 4.39 Å². The van der Waals surface area contributed by atoms with Gasteiger partial charge in [-0.2, -0.15) is 0 Å². The molecule has 2 nitrogen and oxygen atoms in total. The highest BCUT2D eigenvalue weighted by molar-refractivity contribution is 5.36. The Bertz CT molecular complexity index is 407. The van der Waals surface area contributed by atoms with Crippen LogP contribution in [-0.4, -0.2) is 20.2 Å². The molecule has 3 heteroatoms. The van der Waals surface area contributed by atoms with Crippen molar-refractivity contribution >= 4 is 0 Å². The Balaban J connectivity index is 2.34. The average Bonchev–Trinajstić information content (AvgIpc) is 2.72. The third-order valence-corrected chi connectivity index (χ3v) is 3.98. The molecule has 2 rings (SSSR count). The number of methoxy groups -OCH3 is 1. The highest BCUT2D eigenvalue weighted by Gasteiger charge is 2.38. The summed E-state index contributed by atoms with van der Waals surface area (Å²) in [6.45, 7) is 2.14. The first-order valence-corrected chi connectivity index (χ1v) is 6.11. The number of ether oxygens (including phenoxy) is 1. The second kappa shape index (κ2) is 4.65. The molecule has 1 aromatic carbocycles. The minimum Gasteiger partial charge on any atom is -0.494 e. The number of benzene rings is 1. The molecule has 2 unspecified atom stereocenters. The number of halogens is 1. The van der Waals surface area contributed by atoms with E-state index >= 15 is 0 Å². The number of hydrogen-bond acceptors (Lipinski definition) is 2. The van der Waals surface area contributed by atoms with Crippen molar-refractivity contribution in [2.45, 2.75) is 37.6 Å². The van der Waals surface area contributed by atoms with E-state index in [4.69, 9.17) is 4.74 Å². The summed E-state index contributed by atoms with van der Waals surface area (Å²) in [5.74, 6) is 0.144. The van der Waals surface area contributed by atoms with Crippen LogP contribution in [0.15, 0.2) is 18.2 Å². The van der Waals surface area contributed by atoms with E-state index in [-0.39, 0.29) is 11.2 Å². The molecule has 0 amide bonds. The zero-order valence-corrected chi connectivity index (χ0v) is 10.7. The predicted octanol–water partition coefficient (Wildman–Crippen LogP) is 2.86. The van der Waals surface area contributed by atoms with E-state index in [1.807, 2.05) is 19.2 Å². The highest BCUT2D eigenvalue weighted by Crippen LogP contribution is 2.43. The Morgan fingerprint density at radius 2 is 2.24 bits per heavy atom. The Morgan fingerprint density at radius 1 is 1.47 bits per heavy atom. The van der Waals surface area contributed by atoms with E-state index in [2.05, 4.69) is 12.2 Å². The summed E-state index contributed by atoms with van der Waals surface area (Å²) >= 11 is 0. The van der Waals surface area contributed by atoms with Gasteiger partial charge in [-0.25, -0.2) is 4.39 Å². The van der Waals surface area contributed by atoms with Crippen LogP contribution in [0.3, 0.4) is 0 Å². The molecule has 1 aromatic rings. The van der Waals surface area contributed by atoms with Crippen molar-refractivity contribution in [3.8, 4) is 5.75 Å². The fraction of sp³-hybridized carbons (Fsp3) is 0.571. The van der Waals surface area contributed by atoms with Crippen LogP contribution in [0.2, 0.25) is 0 Å². The van der Waals surface area contributed by atoms with Crippen molar-refractivity contribution < 1.29 is 9.13 Å². The lowest BCUT2D eigenvalue weighted by Gasteiger charge is -2.26. The van der Waals surface area contributed by atoms with Crippen molar-refractivity contribution in [3.63, 3.8) is 0 Å². The standard InChI is InChI=1S/C14H20FNO/c1-14(8-7-10(9-14)16-2)11-5-4-6-12(17-3)13(11)15/h4-6,10,16H,7-9H2,1-3H3. The minimum absolute atomic E-state index is 0.0771. The van der Waals surface area contributed by atoms with Crippen molar-refractivity contribution in [2.24, 2.45) is 0 Å². The third-order valence-electron chi connectivity index (χ3n) is 3.98. The van der Waals surface area contributed by atoms with Crippen LogP contribution in [0.1, 0.15) is 31.7 Å². The van der Waals surface area contributed by atoms with Crippen LogP contribution in [-0.2, 0) is 5.41 Å². The summed E-state index contributed by atoms with van der Waals surface area (Å²) in [5.41, 5.74) is 0.710. The van der Waals surface area contributed by atoms with Gasteiger partial charge in [0.1, 0.15) is 0 Å². The van der Waals surface area contributed by atoms with Gasteiger partial charge in [0.2, 0.25) is 0 Å². The SMILES string of the molecule is CNC1CCC(C)(c2cccc(OC)c2F)C1. The molecule has 1 fully saturated rings. The van der Waals surface area contributed by atoms with Gasteiger partial charge in [-0.15, -0.1) is 0 Å². The van der Waals surface area contributed by atoms with Crippen molar-refractivity contribution in [1.82, 2.24) is 5.32 Å². The summed E-state index contributed by atoms with van der Waals surface area (Å²) in [6.07, 6.45) is 3.10. The van der Waals surface area contributed by atoms with Gasteiger partial charge < -0.3 is 10.1 Å². The van der Waals surface area contributed by atoms with Gasteiger partial charge in [0, 0.05) is 6.04 Å². The summed E-state index contributed by atoms with van der Waals surface area (Å²) in [4.78, 5) is 0. The zero-order valence-electron chi connectivity index (χ0n) is 10.7. The topological polar surface area (TPSA) is 21.3 Å². The molecule has 0 spiro atoms. The second-order valence-electron chi connectivity index (χ2n) is 5.11. The Labute approximate surface area is 102 Å². The Hall–Kier alpha value is -1.09. The minimum atomic E-state index is -0.200. The van der Waals surface area contributed by atoms with E-state index in [1.54, 1.807) is 6.07 Å². The van der Waals surface area contributed by atoms with Crippen LogP contribution < -0.4 is 10.1 Å². The summed E-state index contributed by atoms with van der Waals surface area (Å²) in [6, 6.07) is 5.92. The second-order valence-corrected chi connectivity index (χ2v) is 5.11. The maximum Gasteiger partial charge on any atom is 0.168 e. The molecule has 17 heavy (non-hydrogen) atoms. The van der Waals surface area contributed by atoms with Crippen molar-refractivity contribution in [2.75, 3.05) is 14.2 Å². The van der Waals surface area contributed by atoms with Crippen molar-refractivity contribution in [3.05, 3.63) is 29.6 Å². The van der Waals surface area contributed by atoms with Crippen LogP contribution in [0, 0.1) is 5.82 Å². The van der Waals surface area contributed by atoms with Gasteiger partial charge in [-0.05, 0) is 43.4 Å². The van der Waals surface area contributed by atoms with Crippen LogP contribution >= 0.6 is 0 Å². The first kappa shape index (κ1) is 12.4. The lowest BCUT2D eigenvalue weighted by atomic mass is 9.80. The molecule has 0 aromatic heterocycles. The van der Waals surface area contributed by atoms with Gasteiger partial charge in [-0.3, -0.25) is 0 Å². The molecule has 1 aliphatic carbocycles. The molecular formula is C14H20FNO. The molecule has 0 aliphatic heterocycles. The van der Waals surface area contributed by atoms with Gasteiger partial charge in [0.15, 0.2) is 11.6 Å². The fourth-order valence-corrected chi connectivity index (χ4v) is 2.87. The normalized spacial score (nSPS) is 28.4. The van der Waals surface area contributed by atoms with Gasteiger partial charge in [-0.1, -0.05) is 19.1 Å². The Kier molecular flexibility index (Phi) is 3.38. The quantitative estimate of drug-likeness (QED) is 0.872. The van der Waals surface area contributed by atoms with Crippen LogP contribution in [0.5, 0.6) is 5.75 Å². The molecular weight excluding hydrogens is 217 g/mol. The summed E-state index contributed by atoms with van der Waals surface area (Å²) in [7, 11) is 3.48. The maximum absolute atomic E-state index is 14.3. The maximum atomic E-state index is 14.3. The molecule has 94 valence electrons. The monoisotopic (exact) mass is 237 g/mol. The fourth-order valence-electron chi connectivity index (χ4n) is 2.87. The first-order chi connectivity index (χ1) is 8.10. The first-order valence-electron chi connectivity index (χ1n) is 6.11. The van der Waals surface area contributed by atoms with E-state index in [0.717, 1.165) is 24.8 Å². The van der Waals surface area contributed by atoms with E-state index < -0.39 is 0 Å². The van der Waals surface area contributed by atoms with E-state index in [0.29, 0.717) is 11.8 Å². The summed E-state index contributed by atoms with van der Waals surface area (Å²) in [5, 5.41) is 3.28. The lowest BCUT2D eigenvalue weighted by molar-refractivity contribution is 0.371. The smallest absolute Gasteiger partial charge is 0.168 e. The zero-order chi connectivity index (χ0) is 12.5. The van der Waals surface area contributed by atoms with Gasteiger partial charge in [0.25, 0.3) is 0 Å². The highest BCUT2D eigenvalue weighted by atomic mass is 19.1. The predicted molar refractivity (Wildman–Crippen MR) is 67.0 cm³/mol. The van der Waals surface area contributed by atoms with Gasteiger partial charge >= 0.3 is 0 Å². The van der Waals surface area contributed by atoms with Gasteiger partial charge in [0.05, 0.1) is 7.11 Å². The lowest BCUT2D eigenvalue weighted by Crippen LogP contribution is -2.26. The Morgan fingerprint density at radius 3 is 2.82 bits per heavy atom. The molecule has 0 heterocycles. The number of nitrogens with one attached hydrogen (secondary N) is 1. The number of hydrogen-bond donors (Lipinski definition) is 1. The molecule has 1 aliphatic rings.